The number of rotatable bonds is 8. The van der Waals surface area contributed by atoms with Crippen molar-refractivity contribution in [2.75, 3.05) is 31.1 Å². The zero-order chi connectivity index (χ0) is 25.1. The maximum atomic E-state index is 13.1. The van der Waals surface area contributed by atoms with E-state index in [4.69, 9.17) is 5.26 Å². The molecule has 3 unspecified atom stereocenters. The molecule has 1 aliphatic heterocycles. The number of piperazine rings is 1. The van der Waals surface area contributed by atoms with E-state index in [9.17, 15) is 14.3 Å². The molecular formula is C26H36FN5O2. The van der Waals surface area contributed by atoms with E-state index in [1.54, 1.807) is 24.4 Å². The molecule has 1 fully saturated rings. The van der Waals surface area contributed by atoms with Crippen molar-refractivity contribution in [2.24, 2.45) is 0 Å². The number of amides is 1. The number of benzene rings is 1. The third-order valence-corrected chi connectivity index (χ3v) is 5.93. The summed E-state index contributed by atoms with van der Waals surface area (Å²) in [6, 6.07) is 11.6. The van der Waals surface area contributed by atoms with Crippen LogP contribution in [0.5, 0.6) is 0 Å². The highest BCUT2D eigenvalue weighted by Gasteiger charge is 2.33. The summed E-state index contributed by atoms with van der Waals surface area (Å²) in [6.45, 7) is 9.67. The van der Waals surface area contributed by atoms with Gasteiger partial charge >= 0.3 is 0 Å². The van der Waals surface area contributed by atoms with Gasteiger partial charge in [0, 0.05) is 44.3 Å². The number of halogens is 1. The van der Waals surface area contributed by atoms with Crippen LogP contribution in [0.4, 0.5) is 10.2 Å². The number of pyridine rings is 1. The Hall–Kier alpha value is -3.02. The van der Waals surface area contributed by atoms with Gasteiger partial charge in [-0.25, -0.2) is 9.37 Å². The highest BCUT2D eigenvalue weighted by molar-refractivity contribution is 5.77. The van der Waals surface area contributed by atoms with E-state index in [2.05, 4.69) is 35.1 Å². The summed E-state index contributed by atoms with van der Waals surface area (Å²) < 4.78 is 13.1. The Bertz CT molecular complexity index is 930. The van der Waals surface area contributed by atoms with Crippen LogP contribution in [0, 0.1) is 17.1 Å². The summed E-state index contributed by atoms with van der Waals surface area (Å²) in [5, 5.41) is 21.8. The van der Waals surface area contributed by atoms with Crippen LogP contribution in [0.3, 0.4) is 0 Å². The Morgan fingerprint density at radius 2 is 1.97 bits per heavy atom. The number of nitriles is 1. The minimum Gasteiger partial charge on any atom is -0.394 e. The Morgan fingerprint density at radius 3 is 2.53 bits per heavy atom. The average molecular weight is 470 g/mol. The molecule has 3 rings (SSSR count). The molecule has 0 spiro atoms. The zero-order valence-electron chi connectivity index (χ0n) is 20.5. The van der Waals surface area contributed by atoms with Crippen molar-refractivity contribution in [3.63, 3.8) is 0 Å². The molecule has 2 aromatic rings. The van der Waals surface area contributed by atoms with Gasteiger partial charge < -0.3 is 20.2 Å². The van der Waals surface area contributed by atoms with E-state index >= 15 is 0 Å². The smallest absolute Gasteiger partial charge is 0.223 e. The van der Waals surface area contributed by atoms with Gasteiger partial charge in [0.1, 0.15) is 17.7 Å². The van der Waals surface area contributed by atoms with Crippen LogP contribution in [0.15, 0.2) is 42.6 Å². The van der Waals surface area contributed by atoms with Gasteiger partial charge in [-0.15, -0.1) is 0 Å². The lowest BCUT2D eigenvalue weighted by Crippen LogP contribution is -2.59. The van der Waals surface area contributed by atoms with E-state index in [0.717, 1.165) is 17.8 Å². The number of carbonyl (C=O) groups excluding carboxylic acids is 1. The van der Waals surface area contributed by atoms with E-state index in [0.29, 0.717) is 31.6 Å². The first-order valence-corrected chi connectivity index (χ1v) is 12.0. The van der Waals surface area contributed by atoms with Crippen LogP contribution in [0.25, 0.3) is 0 Å². The zero-order valence-corrected chi connectivity index (χ0v) is 20.5. The molecule has 0 bridgehead atoms. The van der Waals surface area contributed by atoms with E-state index in [1.165, 1.54) is 12.1 Å². The number of aliphatic hydroxyl groups excluding tert-OH is 1. The molecular weight excluding hydrogens is 433 g/mol. The highest BCUT2D eigenvalue weighted by Crippen LogP contribution is 2.25. The average Bonchev–Trinajstić information content (AvgIpc) is 2.88. The SMILES string of the molecule is CC.CCC1CN(C(=O)CCNC(CO)c2ccc(F)cc2)CC(C)N1c1ccc(C#N)cn1. The van der Waals surface area contributed by atoms with Gasteiger partial charge in [-0.2, -0.15) is 5.26 Å². The molecule has 8 heteroatoms. The summed E-state index contributed by atoms with van der Waals surface area (Å²) in [7, 11) is 0. The maximum absolute atomic E-state index is 13.1. The quantitative estimate of drug-likeness (QED) is 0.613. The van der Waals surface area contributed by atoms with Gasteiger partial charge in [0.05, 0.1) is 18.2 Å². The Morgan fingerprint density at radius 1 is 1.26 bits per heavy atom. The molecule has 1 aromatic heterocycles. The number of carbonyl (C=O) groups is 1. The maximum Gasteiger partial charge on any atom is 0.223 e. The molecule has 1 aromatic carbocycles. The van der Waals surface area contributed by atoms with Gasteiger partial charge in [-0.3, -0.25) is 4.79 Å². The standard InChI is InChI=1S/C24H30FN5O2.C2H6/c1-3-21-15-29(14-17(2)30(21)23-9-4-18(12-26)13-28-23)24(32)10-11-27-22(16-31)19-5-7-20(25)8-6-19;1-2/h4-9,13,17,21-22,27,31H,3,10-11,14-16H2,1-2H3;1-2H3. The molecule has 1 amide bonds. The lowest BCUT2D eigenvalue weighted by atomic mass is 10.0. The fourth-order valence-electron chi connectivity index (χ4n) is 4.23. The van der Waals surface area contributed by atoms with Crippen molar-refractivity contribution in [2.45, 2.75) is 58.7 Å². The molecule has 34 heavy (non-hydrogen) atoms. The first kappa shape index (κ1) is 27.2. The lowest BCUT2D eigenvalue weighted by molar-refractivity contribution is -0.132. The number of hydrogen-bond acceptors (Lipinski definition) is 6. The molecule has 184 valence electrons. The number of aliphatic hydroxyl groups is 1. The predicted molar refractivity (Wildman–Crippen MR) is 132 cm³/mol. The van der Waals surface area contributed by atoms with E-state index < -0.39 is 0 Å². The van der Waals surface area contributed by atoms with Crippen molar-refractivity contribution >= 4 is 11.7 Å². The van der Waals surface area contributed by atoms with Crippen molar-refractivity contribution in [3.05, 3.63) is 59.5 Å². The summed E-state index contributed by atoms with van der Waals surface area (Å²) in [5.41, 5.74) is 1.31. The van der Waals surface area contributed by atoms with E-state index in [1.807, 2.05) is 24.8 Å². The number of anilines is 1. The minimum absolute atomic E-state index is 0.0611. The van der Waals surface area contributed by atoms with Gasteiger partial charge in [-0.05, 0) is 43.2 Å². The second kappa shape index (κ2) is 13.6. The highest BCUT2D eigenvalue weighted by atomic mass is 19.1. The number of hydrogen-bond donors (Lipinski definition) is 2. The van der Waals surface area contributed by atoms with Crippen LogP contribution in [-0.2, 0) is 4.79 Å². The summed E-state index contributed by atoms with van der Waals surface area (Å²) in [6.07, 6.45) is 2.76. The molecule has 0 aliphatic carbocycles. The third kappa shape index (κ3) is 6.99. The van der Waals surface area contributed by atoms with Gasteiger partial charge in [0.15, 0.2) is 0 Å². The molecule has 0 radical (unpaired) electrons. The van der Waals surface area contributed by atoms with Gasteiger partial charge in [0.25, 0.3) is 0 Å². The Kier molecular flexibility index (Phi) is 10.9. The van der Waals surface area contributed by atoms with Crippen molar-refractivity contribution in [3.8, 4) is 6.07 Å². The van der Waals surface area contributed by atoms with Crippen LogP contribution in [0.2, 0.25) is 0 Å². The monoisotopic (exact) mass is 469 g/mol. The summed E-state index contributed by atoms with van der Waals surface area (Å²) in [5.74, 6) is 0.559. The number of nitrogens with one attached hydrogen (secondary N) is 1. The fourth-order valence-corrected chi connectivity index (χ4v) is 4.23. The Labute approximate surface area is 202 Å². The predicted octanol–water partition coefficient (Wildman–Crippen LogP) is 3.65. The summed E-state index contributed by atoms with van der Waals surface area (Å²) >= 11 is 0. The van der Waals surface area contributed by atoms with Crippen LogP contribution >= 0.6 is 0 Å². The lowest BCUT2D eigenvalue weighted by Gasteiger charge is -2.46. The first-order valence-electron chi connectivity index (χ1n) is 12.0. The largest absolute Gasteiger partial charge is 0.394 e. The third-order valence-electron chi connectivity index (χ3n) is 5.93. The van der Waals surface area contributed by atoms with Crippen molar-refractivity contribution in [1.82, 2.24) is 15.2 Å². The first-order chi connectivity index (χ1) is 16.5. The summed E-state index contributed by atoms with van der Waals surface area (Å²) in [4.78, 5) is 21.5. The molecule has 1 aliphatic rings. The van der Waals surface area contributed by atoms with Crippen LogP contribution in [-0.4, -0.2) is 59.2 Å². The topological polar surface area (TPSA) is 92.5 Å². The fraction of sp³-hybridized carbons (Fsp3) is 0.500. The normalized spacial score (nSPS) is 18.5. The number of nitrogens with zero attached hydrogens (tertiary/aromatic N) is 4. The minimum atomic E-state index is -0.343. The van der Waals surface area contributed by atoms with Crippen molar-refractivity contribution in [1.29, 1.82) is 5.26 Å². The van der Waals surface area contributed by atoms with Crippen LogP contribution < -0.4 is 10.2 Å². The van der Waals surface area contributed by atoms with Gasteiger partial charge in [-0.1, -0.05) is 32.9 Å². The van der Waals surface area contributed by atoms with Gasteiger partial charge in [0.2, 0.25) is 5.91 Å². The molecule has 2 N–H and O–H groups in total. The van der Waals surface area contributed by atoms with Crippen molar-refractivity contribution < 1.29 is 14.3 Å². The van der Waals surface area contributed by atoms with Crippen LogP contribution in [0.1, 0.15) is 57.7 Å². The molecule has 1 saturated heterocycles. The second-order valence-electron chi connectivity index (χ2n) is 8.12. The molecule has 3 atom stereocenters. The molecule has 0 saturated carbocycles. The molecule has 7 nitrogen and oxygen atoms in total. The Balaban J connectivity index is 0.00000199. The molecule has 2 heterocycles. The number of aromatic nitrogens is 1. The second-order valence-corrected chi connectivity index (χ2v) is 8.12. The van der Waals surface area contributed by atoms with E-state index in [-0.39, 0.29) is 36.5 Å².